The van der Waals surface area contributed by atoms with Gasteiger partial charge in [0.05, 0.1) is 5.52 Å². The summed E-state index contributed by atoms with van der Waals surface area (Å²) >= 11 is 3.46. The Labute approximate surface area is 156 Å². The number of benzene rings is 1. The minimum atomic E-state index is -0.458. The number of nitrogens with one attached hydrogen (secondary N) is 1. The van der Waals surface area contributed by atoms with Crippen LogP contribution < -0.4 is 5.32 Å². The summed E-state index contributed by atoms with van der Waals surface area (Å²) in [6, 6.07) is 5.93. The molecule has 1 aromatic heterocycles. The first-order chi connectivity index (χ1) is 11.8. The molecule has 1 N–H and O–H groups in total. The molecule has 0 spiro atoms. The molecule has 1 aromatic carbocycles. The Morgan fingerprint density at radius 1 is 1.44 bits per heavy atom. The second-order valence-corrected chi connectivity index (χ2v) is 8.27. The Bertz CT molecular complexity index is 775. The van der Waals surface area contributed by atoms with E-state index in [9.17, 15) is 4.79 Å². The van der Waals surface area contributed by atoms with Crippen LogP contribution in [0.25, 0.3) is 10.9 Å². The predicted molar refractivity (Wildman–Crippen MR) is 102 cm³/mol. The molecule has 1 amide bonds. The van der Waals surface area contributed by atoms with E-state index in [4.69, 9.17) is 4.74 Å². The van der Waals surface area contributed by atoms with Crippen molar-refractivity contribution in [1.82, 2.24) is 14.9 Å². The minimum absolute atomic E-state index is 0.234. The van der Waals surface area contributed by atoms with E-state index >= 15 is 0 Å². The molecule has 1 atom stereocenters. The number of anilines is 1. The van der Waals surface area contributed by atoms with Gasteiger partial charge in [-0.2, -0.15) is 0 Å². The normalized spacial score (nSPS) is 17.8. The van der Waals surface area contributed by atoms with Crippen molar-refractivity contribution in [2.45, 2.75) is 32.8 Å². The van der Waals surface area contributed by atoms with E-state index < -0.39 is 5.60 Å². The van der Waals surface area contributed by atoms with Crippen LogP contribution in [0.2, 0.25) is 0 Å². The number of carbonyl (C=O) groups is 1. The molecule has 1 saturated heterocycles. The molecule has 0 radical (unpaired) electrons. The van der Waals surface area contributed by atoms with Gasteiger partial charge in [0, 0.05) is 35.7 Å². The van der Waals surface area contributed by atoms with Crippen molar-refractivity contribution in [3.05, 3.63) is 28.9 Å². The number of aromatic nitrogens is 2. The minimum Gasteiger partial charge on any atom is -0.444 e. The zero-order chi connectivity index (χ0) is 18.0. The fourth-order valence-electron chi connectivity index (χ4n) is 2.81. The highest BCUT2D eigenvalue weighted by Gasteiger charge is 2.29. The molecular formula is C18H23BrN4O2. The van der Waals surface area contributed by atoms with Gasteiger partial charge in [0.25, 0.3) is 0 Å². The van der Waals surface area contributed by atoms with Gasteiger partial charge in [-0.25, -0.2) is 14.8 Å². The molecular weight excluding hydrogens is 384 g/mol. The maximum absolute atomic E-state index is 12.1. The number of fused-ring (bicyclic) bond motifs is 1. The lowest BCUT2D eigenvalue weighted by Gasteiger charge is -2.24. The molecule has 1 fully saturated rings. The van der Waals surface area contributed by atoms with Crippen molar-refractivity contribution in [1.29, 1.82) is 0 Å². The van der Waals surface area contributed by atoms with E-state index in [1.807, 2.05) is 45.2 Å². The number of ether oxygens (including phenoxy) is 1. The number of carbonyl (C=O) groups excluding carboxylic acids is 1. The molecule has 134 valence electrons. The van der Waals surface area contributed by atoms with Crippen LogP contribution in [0.15, 0.2) is 28.9 Å². The van der Waals surface area contributed by atoms with Crippen LogP contribution in [0.3, 0.4) is 0 Å². The van der Waals surface area contributed by atoms with Gasteiger partial charge in [-0.05, 0) is 45.2 Å². The van der Waals surface area contributed by atoms with Crippen LogP contribution in [-0.4, -0.2) is 46.2 Å². The number of halogens is 1. The molecule has 0 unspecified atom stereocenters. The Balaban J connectivity index is 1.55. The summed E-state index contributed by atoms with van der Waals surface area (Å²) in [5, 5.41) is 4.29. The summed E-state index contributed by atoms with van der Waals surface area (Å²) in [7, 11) is 0. The van der Waals surface area contributed by atoms with Crippen molar-refractivity contribution < 1.29 is 9.53 Å². The molecule has 0 aliphatic carbocycles. The maximum Gasteiger partial charge on any atom is 0.410 e. The van der Waals surface area contributed by atoms with Gasteiger partial charge in [-0.1, -0.05) is 22.0 Å². The first kappa shape index (κ1) is 17.9. The third-order valence-electron chi connectivity index (χ3n) is 4.03. The molecule has 6 nitrogen and oxygen atoms in total. The molecule has 1 aliphatic rings. The van der Waals surface area contributed by atoms with E-state index in [1.54, 1.807) is 4.90 Å². The standard InChI is InChI=1S/C18H23BrN4O2/c1-18(2,3)25-17(24)23-7-6-12(11-23)9-20-16-21-10-13-4-5-14(19)8-15(13)22-16/h4-5,8,10,12H,6-7,9,11H2,1-3H3,(H,20,21,22)/t12-/m1/s1. The number of amides is 1. The van der Waals surface area contributed by atoms with Gasteiger partial charge >= 0.3 is 6.09 Å². The fourth-order valence-corrected chi connectivity index (χ4v) is 3.16. The number of hydrogen-bond acceptors (Lipinski definition) is 5. The van der Waals surface area contributed by atoms with Crippen LogP contribution in [-0.2, 0) is 4.74 Å². The van der Waals surface area contributed by atoms with Gasteiger partial charge in [0.1, 0.15) is 5.60 Å². The maximum atomic E-state index is 12.1. The number of hydrogen-bond donors (Lipinski definition) is 1. The van der Waals surface area contributed by atoms with Crippen LogP contribution >= 0.6 is 15.9 Å². The summed E-state index contributed by atoms with van der Waals surface area (Å²) in [4.78, 5) is 22.8. The first-order valence-electron chi connectivity index (χ1n) is 8.44. The van der Waals surface area contributed by atoms with Gasteiger partial charge in [-0.15, -0.1) is 0 Å². The highest BCUT2D eigenvalue weighted by molar-refractivity contribution is 9.10. The van der Waals surface area contributed by atoms with Crippen molar-refractivity contribution >= 4 is 38.9 Å². The largest absolute Gasteiger partial charge is 0.444 e. The van der Waals surface area contributed by atoms with Crippen molar-refractivity contribution in [3.63, 3.8) is 0 Å². The molecule has 1 aliphatic heterocycles. The average molecular weight is 407 g/mol. The van der Waals surface area contributed by atoms with Crippen molar-refractivity contribution in [3.8, 4) is 0 Å². The Hall–Kier alpha value is -1.89. The fraction of sp³-hybridized carbons (Fsp3) is 0.500. The smallest absolute Gasteiger partial charge is 0.410 e. The van der Waals surface area contributed by atoms with E-state index in [2.05, 4.69) is 31.2 Å². The summed E-state index contributed by atoms with van der Waals surface area (Å²) < 4.78 is 6.42. The van der Waals surface area contributed by atoms with Gasteiger partial charge < -0.3 is 15.0 Å². The van der Waals surface area contributed by atoms with Crippen LogP contribution in [0, 0.1) is 5.92 Å². The van der Waals surface area contributed by atoms with Crippen molar-refractivity contribution in [2.24, 2.45) is 5.92 Å². The zero-order valence-corrected chi connectivity index (χ0v) is 16.3. The predicted octanol–water partition coefficient (Wildman–Crippen LogP) is 4.06. The highest BCUT2D eigenvalue weighted by atomic mass is 79.9. The number of likely N-dealkylation sites (tertiary alicyclic amines) is 1. The number of nitrogens with zero attached hydrogens (tertiary/aromatic N) is 3. The van der Waals surface area contributed by atoms with E-state index in [-0.39, 0.29) is 6.09 Å². The Morgan fingerprint density at radius 2 is 2.24 bits per heavy atom. The third-order valence-corrected chi connectivity index (χ3v) is 4.52. The van der Waals surface area contributed by atoms with E-state index in [0.717, 1.165) is 34.9 Å². The first-order valence-corrected chi connectivity index (χ1v) is 9.23. The van der Waals surface area contributed by atoms with Crippen LogP contribution in [0.4, 0.5) is 10.7 Å². The second-order valence-electron chi connectivity index (χ2n) is 7.36. The Kier molecular flexibility index (Phi) is 5.13. The molecule has 0 saturated carbocycles. The number of rotatable bonds is 3. The summed E-state index contributed by atoms with van der Waals surface area (Å²) in [6.07, 6.45) is 2.53. The molecule has 25 heavy (non-hydrogen) atoms. The topological polar surface area (TPSA) is 67.3 Å². The SMILES string of the molecule is CC(C)(C)OC(=O)N1CC[C@H](CNc2ncc3ccc(Br)cc3n2)C1. The third kappa shape index (κ3) is 4.81. The molecule has 0 bridgehead atoms. The lowest BCUT2D eigenvalue weighted by molar-refractivity contribution is 0.0289. The summed E-state index contributed by atoms with van der Waals surface area (Å²) in [5.74, 6) is 0.982. The summed E-state index contributed by atoms with van der Waals surface area (Å²) in [5.41, 5.74) is 0.439. The van der Waals surface area contributed by atoms with Gasteiger partial charge in [0.15, 0.2) is 0 Å². The molecule has 2 aromatic rings. The highest BCUT2D eigenvalue weighted by Crippen LogP contribution is 2.21. The van der Waals surface area contributed by atoms with E-state index in [0.29, 0.717) is 18.4 Å². The molecule has 3 rings (SSSR count). The lowest BCUT2D eigenvalue weighted by Crippen LogP contribution is -2.35. The Morgan fingerprint density at radius 3 is 3.00 bits per heavy atom. The van der Waals surface area contributed by atoms with Crippen LogP contribution in [0.5, 0.6) is 0 Å². The second kappa shape index (κ2) is 7.15. The van der Waals surface area contributed by atoms with Crippen molar-refractivity contribution in [2.75, 3.05) is 25.0 Å². The summed E-state index contributed by atoms with van der Waals surface area (Å²) in [6.45, 7) is 7.81. The molecule has 2 heterocycles. The van der Waals surface area contributed by atoms with E-state index in [1.165, 1.54) is 0 Å². The van der Waals surface area contributed by atoms with Gasteiger partial charge in [-0.3, -0.25) is 0 Å². The quantitative estimate of drug-likeness (QED) is 0.831. The average Bonchev–Trinajstić information content (AvgIpc) is 3.00. The van der Waals surface area contributed by atoms with Gasteiger partial charge in [0.2, 0.25) is 5.95 Å². The lowest BCUT2D eigenvalue weighted by atomic mass is 10.1. The zero-order valence-electron chi connectivity index (χ0n) is 14.8. The van der Waals surface area contributed by atoms with Crippen LogP contribution in [0.1, 0.15) is 27.2 Å². The monoisotopic (exact) mass is 406 g/mol. The molecule has 7 heteroatoms.